The zero-order valence-electron chi connectivity index (χ0n) is 20.6. The molecule has 1 aliphatic carbocycles. The van der Waals surface area contributed by atoms with E-state index < -0.39 is 23.3 Å². The highest BCUT2D eigenvalue weighted by atomic mass is 19.1. The first kappa shape index (κ1) is 25.2. The molecule has 2 amide bonds. The van der Waals surface area contributed by atoms with Crippen molar-refractivity contribution in [2.24, 2.45) is 0 Å². The molecule has 1 aromatic heterocycles. The van der Waals surface area contributed by atoms with E-state index in [1.165, 1.54) is 28.5 Å². The third kappa shape index (κ3) is 5.36. The number of halogens is 1. The average molecular weight is 492 g/mol. The van der Waals surface area contributed by atoms with Crippen LogP contribution in [0.15, 0.2) is 53.5 Å². The molecule has 0 fully saturated rings. The molecule has 1 heterocycles. The molecule has 0 bridgehead atoms. The molecule has 2 atom stereocenters. The molecule has 0 saturated heterocycles. The molecule has 4 rings (SSSR count). The Morgan fingerprint density at radius 2 is 2.00 bits per heavy atom. The Morgan fingerprint density at radius 1 is 1.22 bits per heavy atom. The van der Waals surface area contributed by atoms with E-state index in [4.69, 9.17) is 0 Å². The van der Waals surface area contributed by atoms with Crippen LogP contribution >= 0.6 is 0 Å². The number of carbonyl (C=O) groups is 2. The smallest absolute Gasteiger partial charge is 0.294 e. The van der Waals surface area contributed by atoms with Gasteiger partial charge in [0.1, 0.15) is 12.4 Å². The van der Waals surface area contributed by atoms with Gasteiger partial charge >= 0.3 is 0 Å². The van der Waals surface area contributed by atoms with Gasteiger partial charge in [-0.2, -0.15) is 0 Å². The Bertz CT molecular complexity index is 1350. The number of amides is 2. The maximum absolute atomic E-state index is 13.7. The Kier molecular flexibility index (Phi) is 7.59. The third-order valence-electron chi connectivity index (χ3n) is 6.59. The van der Waals surface area contributed by atoms with Gasteiger partial charge < -0.3 is 16.0 Å². The minimum Gasteiger partial charge on any atom is -0.348 e. The molecule has 36 heavy (non-hydrogen) atoms. The summed E-state index contributed by atoms with van der Waals surface area (Å²) in [6.07, 6.45) is 4.15. The van der Waals surface area contributed by atoms with E-state index in [0.29, 0.717) is 16.8 Å². The summed E-state index contributed by atoms with van der Waals surface area (Å²) in [5, 5.41) is 8.40. The fourth-order valence-corrected chi connectivity index (χ4v) is 4.50. The van der Waals surface area contributed by atoms with E-state index in [1.807, 2.05) is 18.2 Å². The molecule has 0 spiro atoms. The maximum atomic E-state index is 13.7. The predicted octanol–water partition coefficient (Wildman–Crippen LogP) is 3.10. The van der Waals surface area contributed by atoms with E-state index in [9.17, 15) is 18.8 Å². The second kappa shape index (κ2) is 10.8. The summed E-state index contributed by atoms with van der Waals surface area (Å²) >= 11 is 0. The van der Waals surface area contributed by atoms with Crippen LogP contribution in [0.3, 0.4) is 0 Å². The lowest BCUT2D eigenvalue weighted by molar-refractivity contribution is -0.122. The molecule has 188 valence electrons. The summed E-state index contributed by atoms with van der Waals surface area (Å²) < 4.78 is 15.0. The van der Waals surface area contributed by atoms with Gasteiger partial charge in [-0.1, -0.05) is 24.3 Å². The Labute approximate surface area is 209 Å². The number of rotatable bonds is 7. The number of anilines is 1. The van der Waals surface area contributed by atoms with Crippen LogP contribution in [0.2, 0.25) is 0 Å². The van der Waals surface area contributed by atoms with E-state index in [2.05, 4.69) is 27.0 Å². The summed E-state index contributed by atoms with van der Waals surface area (Å²) in [5.74, 6) is -1.35. The second-order valence-corrected chi connectivity index (χ2v) is 9.05. The van der Waals surface area contributed by atoms with E-state index in [1.54, 1.807) is 27.0 Å². The quantitative estimate of drug-likeness (QED) is 0.471. The first-order chi connectivity index (χ1) is 17.3. The van der Waals surface area contributed by atoms with Crippen molar-refractivity contribution in [2.45, 2.75) is 51.7 Å². The normalized spacial score (nSPS) is 15.6. The van der Waals surface area contributed by atoms with Crippen LogP contribution in [0.5, 0.6) is 0 Å². The minimum absolute atomic E-state index is 0.147. The summed E-state index contributed by atoms with van der Waals surface area (Å²) in [7, 11) is 1.63. The fraction of sp³-hybridized carbons (Fsp3) is 0.333. The van der Waals surface area contributed by atoms with Gasteiger partial charge in [-0.15, -0.1) is 0 Å². The molecule has 0 radical (unpaired) electrons. The monoisotopic (exact) mass is 491 g/mol. The zero-order valence-corrected chi connectivity index (χ0v) is 20.6. The SMILES string of the molecule is CN[C@@H](C)C(=O)Nc1ncc(-c2ccc(F)cc2C)n(CC(=O)N[C@@H]2CCCc3ccccc32)c1=O. The molecule has 0 aliphatic heterocycles. The first-order valence-electron chi connectivity index (χ1n) is 12.0. The molecular formula is C27H30FN5O3. The van der Waals surface area contributed by atoms with Crippen LogP contribution in [0.1, 0.15) is 42.5 Å². The van der Waals surface area contributed by atoms with Crippen LogP contribution in [-0.4, -0.2) is 34.5 Å². The molecule has 8 nitrogen and oxygen atoms in total. The molecule has 1 aliphatic rings. The number of nitrogens with zero attached hydrogens (tertiary/aromatic N) is 2. The number of hydrogen-bond donors (Lipinski definition) is 3. The van der Waals surface area contributed by atoms with Gasteiger partial charge in [-0.05, 0) is 75.0 Å². The van der Waals surface area contributed by atoms with Crippen LogP contribution < -0.4 is 21.5 Å². The molecule has 9 heteroatoms. The number of carbonyl (C=O) groups excluding carboxylic acids is 2. The lowest BCUT2D eigenvalue weighted by atomic mass is 9.88. The lowest BCUT2D eigenvalue weighted by Gasteiger charge is -2.26. The maximum Gasteiger partial charge on any atom is 0.294 e. The predicted molar refractivity (Wildman–Crippen MR) is 136 cm³/mol. The van der Waals surface area contributed by atoms with E-state index in [0.717, 1.165) is 24.8 Å². The van der Waals surface area contributed by atoms with Crippen molar-refractivity contribution < 1.29 is 14.0 Å². The third-order valence-corrected chi connectivity index (χ3v) is 6.59. The lowest BCUT2D eigenvalue weighted by Crippen LogP contribution is -2.40. The molecule has 3 aromatic rings. The molecule has 3 N–H and O–H groups in total. The summed E-state index contributed by atoms with van der Waals surface area (Å²) in [4.78, 5) is 43.2. The fourth-order valence-electron chi connectivity index (χ4n) is 4.50. The van der Waals surface area contributed by atoms with Crippen LogP contribution in [0, 0.1) is 12.7 Å². The van der Waals surface area contributed by atoms with Crippen molar-refractivity contribution in [2.75, 3.05) is 12.4 Å². The standard InChI is InChI=1S/C27H30FN5O3/c1-16-13-19(28)11-12-20(16)23-14-30-25(32-26(35)17(2)29-3)27(36)33(23)15-24(34)31-22-10-6-8-18-7-4-5-9-21(18)22/h4-5,7,9,11-14,17,22,29H,6,8,10,15H2,1-3H3,(H,31,34)(H,30,32,35)/t17-,22+/m0/s1. The van der Waals surface area contributed by atoms with Crippen molar-refractivity contribution >= 4 is 17.6 Å². The molecular weight excluding hydrogens is 461 g/mol. The highest BCUT2D eigenvalue weighted by Crippen LogP contribution is 2.29. The van der Waals surface area contributed by atoms with Crippen molar-refractivity contribution in [1.29, 1.82) is 0 Å². The number of hydrogen-bond acceptors (Lipinski definition) is 5. The van der Waals surface area contributed by atoms with Gasteiger partial charge in [0, 0.05) is 5.56 Å². The van der Waals surface area contributed by atoms with Gasteiger partial charge in [-0.25, -0.2) is 9.37 Å². The zero-order chi connectivity index (χ0) is 25.8. The highest BCUT2D eigenvalue weighted by molar-refractivity contribution is 5.93. The summed E-state index contributed by atoms with van der Waals surface area (Å²) in [6, 6.07) is 11.5. The van der Waals surface area contributed by atoms with Gasteiger partial charge in [0.05, 0.1) is 24.0 Å². The number of nitrogens with one attached hydrogen (secondary N) is 3. The van der Waals surface area contributed by atoms with E-state index in [-0.39, 0.29) is 24.3 Å². The number of likely N-dealkylation sites (N-methyl/N-ethyl adjacent to an activating group) is 1. The van der Waals surface area contributed by atoms with Crippen molar-refractivity contribution in [1.82, 2.24) is 20.2 Å². The van der Waals surface area contributed by atoms with Gasteiger partial charge in [0.15, 0.2) is 5.82 Å². The van der Waals surface area contributed by atoms with Crippen LogP contribution in [-0.2, 0) is 22.6 Å². The molecule has 2 aromatic carbocycles. The number of fused-ring (bicyclic) bond motifs is 1. The highest BCUT2D eigenvalue weighted by Gasteiger charge is 2.23. The van der Waals surface area contributed by atoms with Crippen LogP contribution in [0.4, 0.5) is 10.2 Å². The van der Waals surface area contributed by atoms with Gasteiger partial charge in [-0.3, -0.25) is 19.0 Å². The minimum atomic E-state index is -0.618. The van der Waals surface area contributed by atoms with Gasteiger partial charge in [0.2, 0.25) is 11.8 Å². The molecule has 0 saturated carbocycles. The molecule has 0 unspecified atom stereocenters. The van der Waals surface area contributed by atoms with Crippen LogP contribution in [0.25, 0.3) is 11.3 Å². The topological polar surface area (TPSA) is 105 Å². The average Bonchev–Trinajstić information content (AvgIpc) is 2.86. The Morgan fingerprint density at radius 3 is 2.75 bits per heavy atom. The van der Waals surface area contributed by atoms with Crippen molar-refractivity contribution in [3.63, 3.8) is 0 Å². The second-order valence-electron chi connectivity index (χ2n) is 9.05. The van der Waals surface area contributed by atoms with Gasteiger partial charge in [0.25, 0.3) is 5.56 Å². The van der Waals surface area contributed by atoms with E-state index >= 15 is 0 Å². The Hall–Kier alpha value is -3.85. The Balaban J connectivity index is 1.68. The van der Waals surface area contributed by atoms with Crippen molar-refractivity contribution in [3.05, 3.63) is 81.5 Å². The summed E-state index contributed by atoms with van der Waals surface area (Å²) in [5.41, 5.74) is 3.19. The number of benzene rings is 2. The number of aromatic nitrogens is 2. The number of aryl methyl sites for hydroxylation is 2. The van der Waals surface area contributed by atoms with Crippen molar-refractivity contribution in [3.8, 4) is 11.3 Å². The summed E-state index contributed by atoms with van der Waals surface area (Å²) in [6.45, 7) is 3.09. The largest absolute Gasteiger partial charge is 0.348 e. The first-order valence-corrected chi connectivity index (χ1v) is 12.0.